The molecule has 1 aromatic heterocycles. The molecular formula is C13H14N2O4. The van der Waals surface area contributed by atoms with E-state index in [1.54, 1.807) is 0 Å². The van der Waals surface area contributed by atoms with Gasteiger partial charge >= 0.3 is 5.97 Å². The summed E-state index contributed by atoms with van der Waals surface area (Å²) >= 11 is 0. The average molecular weight is 262 g/mol. The minimum absolute atomic E-state index is 0.0680. The summed E-state index contributed by atoms with van der Waals surface area (Å²) in [6.45, 7) is 2.80. The first kappa shape index (κ1) is 12.9. The molecule has 2 N–H and O–H groups in total. The van der Waals surface area contributed by atoms with Crippen molar-refractivity contribution in [2.45, 2.75) is 13.5 Å². The average Bonchev–Trinajstić information content (AvgIpc) is 2.87. The molecule has 100 valence electrons. The number of ether oxygens (including phenoxy) is 1. The molecule has 0 atom stereocenters. The zero-order chi connectivity index (χ0) is 13.7. The second-order valence-electron chi connectivity index (χ2n) is 3.78. The van der Waals surface area contributed by atoms with E-state index >= 15 is 0 Å². The van der Waals surface area contributed by atoms with Crippen molar-refractivity contribution in [3.63, 3.8) is 0 Å². The minimum Gasteiger partial charge on any atom is -0.494 e. The number of anilines is 1. The van der Waals surface area contributed by atoms with Gasteiger partial charge in [0.25, 0.3) is 0 Å². The Balaban J connectivity index is 1.98. The second kappa shape index (κ2) is 5.90. The van der Waals surface area contributed by atoms with Crippen LogP contribution in [-0.4, -0.2) is 22.8 Å². The Morgan fingerprint density at radius 2 is 2.16 bits per heavy atom. The van der Waals surface area contributed by atoms with Crippen molar-refractivity contribution in [1.29, 1.82) is 0 Å². The molecule has 1 aromatic carbocycles. The summed E-state index contributed by atoms with van der Waals surface area (Å²) in [6, 6.07) is 7.37. The predicted octanol–water partition coefficient (Wildman–Crippen LogP) is 2.38. The number of carboxylic acid groups (broad SMARTS) is 1. The molecule has 0 amide bonds. The van der Waals surface area contributed by atoms with Crippen LogP contribution in [0.5, 0.6) is 5.75 Å². The molecule has 0 fully saturated rings. The number of carbonyl (C=O) groups is 1. The van der Waals surface area contributed by atoms with Crippen molar-refractivity contribution in [1.82, 2.24) is 5.16 Å². The van der Waals surface area contributed by atoms with Gasteiger partial charge in [0.1, 0.15) is 11.3 Å². The summed E-state index contributed by atoms with van der Waals surface area (Å²) in [5, 5.41) is 15.4. The van der Waals surface area contributed by atoms with Gasteiger partial charge in [0.2, 0.25) is 0 Å². The van der Waals surface area contributed by atoms with E-state index in [2.05, 4.69) is 10.5 Å². The summed E-state index contributed by atoms with van der Waals surface area (Å²) in [5.41, 5.74) is 0.912. The maximum Gasteiger partial charge on any atom is 0.341 e. The number of nitrogens with zero attached hydrogens (tertiary/aromatic N) is 1. The Kier molecular flexibility index (Phi) is 4.02. The fraction of sp³-hybridized carbons (Fsp3) is 0.231. The van der Waals surface area contributed by atoms with Crippen LogP contribution < -0.4 is 10.1 Å². The highest BCUT2D eigenvalue weighted by Gasteiger charge is 2.14. The molecule has 2 rings (SSSR count). The molecule has 0 aliphatic heterocycles. The molecule has 0 aliphatic carbocycles. The summed E-state index contributed by atoms with van der Waals surface area (Å²) in [4.78, 5) is 10.9. The molecule has 0 spiro atoms. The monoisotopic (exact) mass is 262 g/mol. The number of carboxylic acids is 1. The lowest BCUT2D eigenvalue weighted by Gasteiger charge is -2.06. The van der Waals surface area contributed by atoms with Crippen molar-refractivity contribution in [2.24, 2.45) is 0 Å². The van der Waals surface area contributed by atoms with Crippen molar-refractivity contribution in [2.75, 3.05) is 11.9 Å². The van der Waals surface area contributed by atoms with Gasteiger partial charge in [-0.05, 0) is 31.2 Å². The van der Waals surface area contributed by atoms with Crippen LogP contribution in [0.4, 0.5) is 5.69 Å². The van der Waals surface area contributed by atoms with Gasteiger partial charge in [-0.3, -0.25) is 0 Å². The molecule has 6 nitrogen and oxygen atoms in total. The summed E-state index contributed by atoms with van der Waals surface area (Å²) in [5.74, 6) is 0.0325. The molecule has 0 radical (unpaired) electrons. The Bertz CT molecular complexity index is 548. The Morgan fingerprint density at radius 1 is 1.42 bits per heavy atom. The Labute approximate surface area is 110 Å². The standard InChI is InChI=1S/C13H14N2O4/c1-2-18-10-5-3-9(4-6-10)14-8-12-11(13(16)17)7-15-19-12/h3-7,14H,2,8H2,1H3,(H,16,17). The molecule has 0 aliphatic rings. The molecule has 0 unspecified atom stereocenters. The van der Waals surface area contributed by atoms with Crippen LogP contribution in [0.2, 0.25) is 0 Å². The van der Waals surface area contributed by atoms with Crippen LogP contribution in [0.25, 0.3) is 0 Å². The van der Waals surface area contributed by atoms with Crippen molar-refractivity contribution in [3.05, 3.63) is 41.8 Å². The van der Waals surface area contributed by atoms with E-state index in [0.717, 1.165) is 11.4 Å². The third-order valence-corrected chi connectivity index (χ3v) is 2.49. The van der Waals surface area contributed by atoms with Crippen LogP contribution in [-0.2, 0) is 6.54 Å². The van der Waals surface area contributed by atoms with Gasteiger partial charge in [-0.25, -0.2) is 4.79 Å². The van der Waals surface area contributed by atoms with Gasteiger partial charge in [0.15, 0.2) is 5.76 Å². The number of aromatic carboxylic acids is 1. The van der Waals surface area contributed by atoms with Crippen molar-refractivity contribution in [3.8, 4) is 5.75 Å². The molecule has 2 aromatic rings. The predicted molar refractivity (Wildman–Crippen MR) is 68.4 cm³/mol. The van der Waals surface area contributed by atoms with Crippen LogP contribution >= 0.6 is 0 Å². The lowest BCUT2D eigenvalue weighted by Crippen LogP contribution is -2.04. The second-order valence-corrected chi connectivity index (χ2v) is 3.78. The number of rotatable bonds is 6. The Hall–Kier alpha value is -2.50. The lowest BCUT2D eigenvalue weighted by atomic mass is 10.2. The third-order valence-electron chi connectivity index (χ3n) is 2.49. The maximum atomic E-state index is 10.9. The summed E-state index contributed by atoms with van der Waals surface area (Å²) in [7, 11) is 0. The zero-order valence-electron chi connectivity index (χ0n) is 10.4. The molecular weight excluding hydrogens is 248 g/mol. The van der Waals surface area contributed by atoms with Gasteiger partial charge in [-0.2, -0.15) is 0 Å². The van der Waals surface area contributed by atoms with Gasteiger partial charge in [0.05, 0.1) is 19.3 Å². The molecule has 0 saturated carbocycles. The van der Waals surface area contributed by atoms with Crippen LogP contribution in [0, 0.1) is 0 Å². The van der Waals surface area contributed by atoms with Crippen molar-refractivity contribution < 1.29 is 19.2 Å². The first-order chi connectivity index (χ1) is 9.20. The van der Waals surface area contributed by atoms with Gasteiger partial charge in [-0.1, -0.05) is 5.16 Å². The molecule has 0 saturated heterocycles. The highest BCUT2D eigenvalue weighted by molar-refractivity contribution is 5.88. The molecule has 6 heteroatoms. The number of hydrogen-bond acceptors (Lipinski definition) is 5. The van der Waals surface area contributed by atoms with E-state index in [4.69, 9.17) is 14.4 Å². The maximum absolute atomic E-state index is 10.9. The normalized spacial score (nSPS) is 10.2. The highest BCUT2D eigenvalue weighted by Crippen LogP contribution is 2.17. The topological polar surface area (TPSA) is 84.6 Å². The Morgan fingerprint density at radius 3 is 2.79 bits per heavy atom. The summed E-state index contributed by atoms with van der Waals surface area (Å²) in [6.07, 6.45) is 1.19. The van der Waals surface area contributed by atoms with Crippen LogP contribution in [0.1, 0.15) is 23.0 Å². The van der Waals surface area contributed by atoms with Crippen LogP contribution in [0.15, 0.2) is 35.0 Å². The quantitative estimate of drug-likeness (QED) is 0.831. The van der Waals surface area contributed by atoms with E-state index in [1.165, 1.54) is 6.20 Å². The molecule has 0 bridgehead atoms. The highest BCUT2D eigenvalue weighted by atomic mass is 16.5. The lowest BCUT2D eigenvalue weighted by molar-refractivity contribution is 0.0694. The first-order valence-corrected chi connectivity index (χ1v) is 5.84. The van der Waals surface area contributed by atoms with E-state index in [1.807, 2.05) is 31.2 Å². The fourth-order valence-corrected chi connectivity index (χ4v) is 1.58. The fourth-order valence-electron chi connectivity index (χ4n) is 1.58. The number of nitrogens with one attached hydrogen (secondary N) is 1. The SMILES string of the molecule is CCOc1ccc(NCc2oncc2C(=O)O)cc1. The number of benzene rings is 1. The van der Waals surface area contributed by atoms with Gasteiger partial charge in [-0.15, -0.1) is 0 Å². The number of hydrogen-bond donors (Lipinski definition) is 2. The molecule has 1 heterocycles. The van der Waals surface area contributed by atoms with E-state index in [-0.39, 0.29) is 12.1 Å². The summed E-state index contributed by atoms with van der Waals surface area (Å²) < 4.78 is 10.2. The third kappa shape index (κ3) is 3.25. The van der Waals surface area contributed by atoms with Crippen LogP contribution in [0.3, 0.4) is 0 Å². The van der Waals surface area contributed by atoms with E-state index in [9.17, 15) is 4.79 Å². The number of aromatic nitrogens is 1. The smallest absolute Gasteiger partial charge is 0.341 e. The first-order valence-electron chi connectivity index (χ1n) is 5.84. The largest absolute Gasteiger partial charge is 0.494 e. The van der Waals surface area contributed by atoms with Crippen molar-refractivity contribution >= 4 is 11.7 Å². The van der Waals surface area contributed by atoms with Gasteiger partial charge < -0.3 is 19.7 Å². The van der Waals surface area contributed by atoms with E-state index < -0.39 is 5.97 Å². The molecule has 19 heavy (non-hydrogen) atoms. The zero-order valence-corrected chi connectivity index (χ0v) is 10.4. The van der Waals surface area contributed by atoms with E-state index in [0.29, 0.717) is 12.4 Å². The minimum atomic E-state index is -1.05. The van der Waals surface area contributed by atoms with Gasteiger partial charge in [0, 0.05) is 5.69 Å².